The van der Waals surface area contributed by atoms with E-state index in [0.717, 1.165) is 0 Å². The standard InChI is InChI=1S/C2H6O.Ru/c1-2-3;/h3H,2H2,1H3;/q;+4. The predicted octanol–water partition coefficient (Wildman–Crippen LogP) is -0.00390. The van der Waals surface area contributed by atoms with Crippen molar-refractivity contribution in [1.82, 2.24) is 0 Å². The first kappa shape index (κ1) is 8.82. The summed E-state index contributed by atoms with van der Waals surface area (Å²) in [5.41, 5.74) is 0. The zero-order valence-electron chi connectivity index (χ0n) is 2.51. The molecule has 0 heterocycles. The Hall–Kier alpha value is 0.583. The molecule has 1 nitrogen and oxygen atoms in total. The second kappa shape index (κ2) is 9.54. The average Bonchev–Trinajstić information content (AvgIpc) is 0.918. The van der Waals surface area contributed by atoms with E-state index in [1.54, 1.807) is 6.92 Å². The van der Waals surface area contributed by atoms with Crippen molar-refractivity contribution in [3.05, 3.63) is 0 Å². The van der Waals surface area contributed by atoms with Crippen LogP contribution in [-0.2, 0) is 19.5 Å². The van der Waals surface area contributed by atoms with Gasteiger partial charge in [-0.1, -0.05) is 0 Å². The maximum Gasteiger partial charge on any atom is 4.00 e. The molecule has 0 saturated heterocycles. The van der Waals surface area contributed by atoms with Gasteiger partial charge in [0.15, 0.2) is 0 Å². The Balaban J connectivity index is 0. The molecule has 2 heteroatoms. The fourth-order valence-electron chi connectivity index (χ4n) is 0. The summed E-state index contributed by atoms with van der Waals surface area (Å²) in [6.07, 6.45) is 0. The number of aliphatic hydroxyl groups excluding tert-OH is 1. The third kappa shape index (κ3) is 19.0. The zero-order chi connectivity index (χ0) is 2.71. The van der Waals surface area contributed by atoms with Crippen molar-refractivity contribution >= 4 is 0 Å². The van der Waals surface area contributed by atoms with Gasteiger partial charge in [0.05, 0.1) is 0 Å². The van der Waals surface area contributed by atoms with Gasteiger partial charge in [-0.3, -0.25) is 0 Å². The maximum atomic E-state index is 7.57. The van der Waals surface area contributed by atoms with Gasteiger partial charge in [0.1, 0.15) is 0 Å². The van der Waals surface area contributed by atoms with Crippen LogP contribution < -0.4 is 0 Å². The predicted molar refractivity (Wildman–Crippen MR) is 12.8 cm³/mol. The molecule has 24 valence electrons. The van der Waals surface area contributed by atoms with Crippen LogP contribution in [-0.4, -0.2) is 11.7 Å². The molecule has 0 aliphatic rings. The summed E-state index contributed by atoms with van der Waals surface area (Å²) in [5.74, 6) is 0. The van der Waals surface area contributed by atoms with Gasteiger partial charge in [-0.15, -0.1) is 0 Å². The molecule has 0 bridgehead atoms. The van der Waals surface area contributed by atoms with Crippen molar-refractivity contribution in [3.8, 4) is 0 Å². The third-order valence-corrected chi connectivity index (χ3v) is 0. The van der Waals surface area contributed by atoms with Gasteiger partial charge in [-0.2, -0.15) is 0 Å². The number of rotatable bonds is 0. The SMILES string of the molecule is CCO.[Ru+4]. The van der Waals surface area contributed by atoms with Gasteiger partial charge in [-0.25, -0.2) is 0 Å². The first-order valence-corrected chi connectivity index (χ1v) is 1.02. The molecular weight excluding hydrogens is 141 g/mol. The molecule has 0 unspecified atom stereocenters. The van der Waals surface area contributed by atoms with Crippen molar-refractivity contribution in [2.24, 2.45) is 0 Å². The average molecular weight is 147 g/mol. The molecular formula is C2H6ORu+4. The molecule has 4 heavy (non-hydrogen) atoms. The molecule has 0 aliphatic heterocycles. The number of aliphatic hydroxyl groups is 1. The molecule has 0 amide bonds. The van der Waals surface area contributed by atoms with Crippen LogP contribution in [0.3, 0.4) is 0 Å². The van der Waals surface area contributed by atoms with E-state index in [4.69, 9.17) is 5.11 Å². The molecule has 1 N–H and O–H groups in total. The van der Waals surface area contributed by atoms with Crippen molar-refractivity contribution < 1.29 is 24.6 Å². The summed E-state index contributed by atoms with van der Waals surface area (Å²) in [5, 5.41) is 7.57. The van der Waals surface area contributed by atoms with E-state index in [2.05, 4.69) is 0 Å². The van der Waals surface area contributed by atoms with Crippen LogP contribution in [0.25, 0.3) is 0 Å². The van der Waals surface area contributed by atoms with Crippen molar-refractivity contribution in [2.45, 2.75) is 6.92 Å². The van der Waals surface area contributed by atoms with E-state index in [9.17, 15) is 0 Å². The Morgan fingerprint density at radius 2 is 1.75 bits per heavy atom. The first-order chi connectivity index (χ1) is 1.41. The monoisotopic (exact) mass is 148 g/mol. The Morgan fingerprint density at radius 1 is 1.75 bits per heavy atom. The quantitative estimate of drug-likeness (QED) is 0.478. The van der Waals surface area contributed by atoms with Gasteiger partial charge in [-0.05, 0) is 6.92 Å². The van der Waals surface area contributed by atoms with E-state index < -0.39 is 0 Å². The minimum absolute atomic E-state index is 0. The van der Waals surface area contributed by atoms with Crippen molar-refractivity contribution in [3.63, 3.8) is 0 Å². The summed E-state index contributed by atoms with van der Waals surface area (Å²) in [6.45, 7) is 1.93. The largest absolute Gasteiger partial charge is 4.00 e. The van der Waals surface area contributed by atoms with E-state index in [0.29, 0.717) is 0 Å². The number of hydrogen-bond acceptors (Lipinski definition) is 1. The summed E-state index contributed by atoms with van der Waals surface area (Å²) in [6, 6.07) is 0. The molecule has 0 fully saturated rings. The van der Waals surface area contributed by atoms with E-state index in [1.807, 2.05) is 0 Å². The summed E-state index contributed by atoms with van der Waals surface area (Å²) < 4.78 is 0. The Morgan fingerprint density at radius 3 is 1.75 bits per heavy atom. The van der Waals surface area contributed by atoms with Crippen molar-refractivity contribution in [2.75, 3.05) is 6.61 Å². The van der Waals surface area contributed by atoms with E-state index in [1.165, 1.54) is 0 Å². The minimum Gasteiger partial charge on any atom is -0.397 e. The smallest absolute Gasteiger partial charge is 0.397 e. The van der Waals surface area contributed by atoms with Gasteiger partial charge in [0.25, 0.3) is 0 Å². The molecule has 0 atom stereocenters. The van der Waals surface area contributed by atoms with Crippen molar-refractivity contribution in [1.29, 1.82) is 0 Å². The Labute approximate surface area is 38.8 Å². The molecule has 0 aliphatic carbocycles. The Kier molecular flexibility index (Phi) is 21.0. The first-order valence-electron chi connectivity index (χ1n) is 1.02. The maximum absolute atomic E-state index is 7.57. The molecule has 0 spiro atoms. The second-order valence-corrected chi connectivity index (χ2v) is 0.316. The normalized spacial score (nSPS) is 4.50. The fourth-order valence-corrected chi connectivity index (χ4v) is 0. The third-order valence-electron chi connectivity index (χ3n) is 0. The molecule has 0 aromatic rings. The van der Waals surface area contributed by atoms with Crippen LogP contribution in [0.5, 0.6) is 0 Å². The zero-order valence-corrected chi connectivity index (χ0v) is 4.25. The van der Waals surface area contributed by atoms with Crippen LogP contribution in [0.4, 0.5) is 0 Å². The molecule has 0 radical (unpaired) electrons. The summed E-state index contributed by atoms with van der Waals surface area (Å²) >= 11 is 0. The second-order valence-electron chi connectivity index (χ2n) is 0.316. The molecule has 0 aromatic heterocycles. The van der Waals surface area contributed by atoms with Crippen LogP contribution in [0.2, 0.25) is 0 Å². The summed E-state index contributed by atoms with van der Waals surface area (Å²) in [4.78, 5) is 0. The molecule has 0 rings (SSSR count). The van der Waals surface area contributed by atoms with Crippen LogP contribution in [0.15, 0.2) is 0 Å². The van der Waals surface area contributed by atoms with E-state index >= 15 is 0 Å². The molecule has 0 saturated carbocycles. The van der Waals surface area contributed by atoms with Crippen LogP contribution in [0.1, 0.15) is 6.92 Å². The number of hydrogen-bond donors (Lipinski definition) is 1. The van der Waals surface area contributed by atoms with Gasteiger partial charge in [0, 0.05) is 6.61 Å². The topological polar surface area (TPSA) is 20.2 Å². The van der Waals surface area contributed by atoms with Crippen LogP contribution >= 0.6 is 0 Å². The van der Waals surface area contributed by atoms with Gasteiger partial charge >= 0.3 is 19.5 Å². The van der Waals surface area contributed by atoms with E-state index in [-0.39, 0.29) is 26.1 Å². The Bertz CT molecular complexity index is 6.00. The van der Waals surface area contributed by atoms with Gasteiger partial charge < -0.3 is 5.11 Å². The fraction of sp³-hybridized carbons (Fsp3) is 1.00. The van der Waals surface area contributed by atoms with Gasteiger partial charge in [0.2, 0.25) is 0 Å². The minimum atomic E-state index is 0. The van der Waals surface area contributed by atoms with Crippen LogP contribution in [0, 0.1) is 0 Å². The molecule has 0 aromatic carbocycles. The summed E-state index contributed by atoms with van der Waals surface area (Å²) in [7, 11) is 0.